The SMILES string of the molecule is [CH2-]CCN(C)CC.[CH3-].[Zn+2]. The van der Waals surface area contributed by atoms with Crippen LogP contribution >= 0.6 is 0 Å². The third-order valence-electron chi connectivity index (χ3n) is 1.08. The molecule has 0 aromatic heterocycles. The van der Waals surface area contributed by atoms with Crippen molar-refractivity contribution < 1.29 is 19.5 Å². The van der Waals surface area contributed by atoms with E-state index in [2.05, 4.69) is 25.8 Å². The average molecular weight is 181 g/mol. The van der Waals surface area contributed by atoms with Gasteiger partial charge in [0.15, 0.2) is 0 Å². The van der Waals surface area contributed by atoms with E-state index in [4.69, 9.17) is 0 Å². The fourth-order valence-corrected chi connectivity index (χ4v) is 0.428. The second-order valence-electron chi connectivity index (χ2n) is 1.75. The van der Waals surface area contributed by atoms with Gasteiger partial charge in [0.1, 0.15) is 0 Å². The van der Waals surface area contributed by atoms with Crippen LogP contribution in [0.3, 0.4) is 0 Å². The van der Waals surface area contributed by atoms with Gasteiger partial charge in [-0.05, 0) is 20.1 Å². The van der Waals surface area contributed by atoms with Crippen molar-refractivity contribution in [1.82, 2.24) is 4.90 Å². The maximum Gasteiger partial charge on any atom is 2.00 e. The molecule has 0 aromatic carbocycles. The second kappa shape index (κ2) is 11.4. The van der Waals surface area contributed by atoms with Gasteiger partial charge in [0.25, 0.3) is 0 Å². The minimum absolute atomic E-state index is 0. The predicted molar refractivity (Wildman–Crippen MR) is 39.6 cm³/mol. The van der Waals surface area contributed by atoms with Crippen molar-refractivity contribution in [1.29, 1.82) is 0 Å². The molecule has 0 aliphatic rings. The molecule has 0 aromatic rings. The Balaban J connectivity index is -0.000000180. The van der Waals surface area contributed by atoms with E-state index in [1.807, 2.05) is 0 Å². The monoisotopic (exact) mass is 179 g/mol. The van der Waals surface area contributed by atoms with Gasteiger partial charge >= 0.3 is 19.5 Å². The van der Waals surface area contributed by atoms with E-state index in [9.17, 15) is 0 Å². The van der Waals surface area contributed by atoms with E-state index in [0.29, 0.717) is 0 Å². The molecule has 0 aliphatic heterocycles. The minimum atomic E-state index is 0. The van der Waals surface area contributed by atoms with Crippen molar-refractivity contribution >= 4 is 0 Å². The van der Waals surface area contributed by atoms with Gasteiger partial charge in [0, 0.05) is 0 Å². The van der Waals surface area contributed by atoms with Crippen LogP contribution in [0.4, 0.5) is 0 Å². The summed E-state index contributed by atoms with van der Waals surface area (Å²) < 4.78 is 0. The third-order valence-corrected chi connectivity index (χ3v) is 1.08. The van der Waals surface area contributed by atoms with Gasteiger partial charge in [-0.15, -0.1) is 0 Å². The molecule has 0 saturated carbocycles. The van der Waals surface area contributed by atoms with Crippen LogP contribution in [0, 0.1) is 14.4 Å². The molecule has 0 unspecified atom stereocenters. The molecule has 0 rings (SSSR count). The average Bonchev–Trinajstić information content (AvgIpc) is 1.68. The molecule has 0 N–H and O–H groups in total. The van der Waals surface area contributed by atoms with E-state index < -0.39 is 0 Å². The van der Waals surface area contributed by atoms with Crippen molar-refractivity contribution in [2.45, 2.75) is 13.3 Å². The van der Waals surface area contributed by atoms with Gasteiger partial charge in [0.2, 0.25) is 0 Å². The van der Waals surface area contributed by atoms with Crippen LogP contribution < -0.4 is 0 Å². The molecule has 0 aliphatic carbocycles. The second-order valence-corrected chi connectivity index (χ2v) is 1.75. The zero-order valence-corrected chi connectivity index (χ0v) is 9.95. The van der Waals surface area contributed by atoms with Crippen molar-refractivity contribution in [2.24, 2.45) is 0 Å². The molecular weight excluding hydrogens is 163 g/mol. The Morgan fingerprint density at radius 3 is 2.00 bits per heavy atom. The molecule has 0 saturated heterocycles. The topological polar surface area (TPSA) is 3.24 Å². The normalized spacial score (nSPS) is 8.00. The number of nitrogens with zero attached hydrogens (tertiary/aromatic N) is 1. The summed E-state index contributed by atoms with van der Waals surface area (Å²) in [6.45, 7) is 8.14. The van der Waals surface area contributed by atoms with Gasteiger partial charge in [-0.1, -0.05) is 6.92 Å². The summed E-state index contributed by atoms with van der Waals surface area (Å²) in [4.78, 5) is 2.24. The molecule has 2 heteroatoms. The molecule has 9 heavy (non-hydrogen) atoms. The van der Waals surface area contributed by atoms with E-state index in [1.54, 1.807) is 0 Å². The first-order valence-corrected chi connectivity index (χ1v) is 2.79. The zero-order valence-electron chi connectivity index (χ0n) is 6.98. The van der Waals surface area contributed by atoms with Crippen molar-refractivity contribution in [3.05, 3.63) is 14.4 Å². The van der Waals surface area contributed by atoms with Crippen molar-refractivity contribution in [2.75, 3.05) is 20.1 Å². The van der Waals surface area contributed by atoms with Gasteiger partial charge in [-0.2, -0.15) is 6.42 Å². The van der Waals surface area contributed by atoms with Crippen LogP contribution in [0.25, 0.3) is 0 Å². The summed E-state index contributed by atoms with van der Waals surface area (Å²) >= 11 is 0. The Kier molecular flexibility index (Phi) is 20.6. The van der Waals surface area contributed by atoms with Crippen LogP contribution in [0.15, 0.2) is 0 Å². The van der Waals surface area contributed by atoms with Crippen LogP contribution in [-0.2, 0) is 19.5 Å². The van der Waals surface area contributed by atoms with Crippen LogP contribution in [0.1, 0.15) is 13.3 Å². The first-order chi connectivity index (χ1) is 3.31. The van der Waals surface area contributed by atoms with Gasteiger partial charge in [-0.3, -0.25) is 0 Å². The zero-order chi connectivity index (χ0) is 5.70. The summed E-state index contributed by atoms with van der Waals surface area (Å²) in [5, 5.41) is 0. The predicted octanol–water partition coefficient (Wildman–Crippen LogP) is 1.61. The molecule has 0 fully saturated rings. The summed E-state index contributed by atoms with van der Waals surface area (Å²) in [5.74, 6) is 0. The summed E-state index contributed by atoms with van der Waals surface area (Å²) in [6, 6.07) is 0. The van der Waals surface area contributed by atoms with Crippen molar-refractivity contribution in [3.63, 3.8) is 0 Å². The molecule has 0 heterocycles. The Morgan fingerprint density at radius 2 is 1.89 bits per heavy atom. The fraction of sp³-hybridized carbons (Fsp3) is 0.714. The maximum atomic E-state index is 3.73. The smallest absolute Gasteiger partial charge is 0.358 e. The van der Waals surface area contributed by atoms with Crippen LogP contribution in [0.5, 0.6) is 0 Å². The molecule has 0 radical (unpaired) electrons. The Morgan fingerprint density at radius 1 is 1.44 bits per heavy atom. The summed E-state index contributed by atoms with van der Waals surface area (Å²) in [6.07, 6.45) is 1.02. The third kappa shape index (κ3) is 11.9. The van der Waals surface area contributed by atoms with Gasteiger partial charge in [-0.25, -0.2) is 0 Å². The fourth-order valence-electron chi connectivity index (χ4n) is 0.428. The minimum Gasteiger partial charge on any atom is -0.358 e. The Labute approximate surface area is 72.6 Å². The molecule has 0 amide bonds. The first-order valence-electron chi connectivity index (χ1n) is 2.79. The maximum absolute atomic E-state index is 3.73. The van der Waals surface area contributed by atoms with E-state index in [0.717, 1.165) is 19.5 Å². The molecular formula is C7H17NZn. The quantitative estimate of drug-likeness (QED) is 0.471. The molecule has 0 atom stereocenters. The molecule has 52 valence electrons. The number of hydrogen-bond acceptors (Lipinski definition) is 1. The molecule has 1 nitrogen and oxygen atoms in total. The largest absolute Gasteiger partial charge is 2.00 e. The number of hydrogen-bond donors (Lipinski definition) is 0. The number of rotatable bonds is 3. The summed E-state index contributed by atoms with van der Waals surface area (Å²) in [7, 11) is 2.10. The van der Waals surface area contributed by atoms with Crippen LogP contribution in [-0.4, -0.2) is 25.0 Å². The van der Waals surface area contributed by atoms with Gasteiger partial charge < -0.3 is 19.3 Å². The van der Waals surface area contributed by atoms with Crippen molar-refractivity contribution in [3.8, 4) is 0 Å². The first kappa shape index (κ1) is 16.3. The molecule has 0 bridgehead atoms. The van der Waals surface area contributed by atoms with E-state index >= 15 is 0 Å². The van der Waals surface area contributed by atoms with Gasteiger partial charge in [0.05, 0.1) is 0 Å². The Hall–Kier alpha value is 0.583. The van der Waals surface area contributed by atoms with E-state index in [1.165, 1.54) is 0 Å². The Bertz CT molecular complexity index is 39.9. The summed E-state index contributed by atoms with van der Waals surface area (Å²) in [5.41, 5.74) is 0. The molecule has 0 spiro atoms. The standard InChI is InChI=1S/C6H14N.CH3.Zn/c1-4-6-7(3)5-2;;/h1,4-6H2,2-3H3;1H3;/q2*-1;+2. The van der Waals surface area contributed by atoms with E-state index in [-0.39, 0.29) is 26.9 Å². The van der Waals surface area contributed by atoms with Crippen LogP contribution in [0.2, 0.25) is 0 Å².